The number of para-hydroxylation sites is 1. The molecule has 1 aliphatic heterocycles. The third-order valence-corrected chi connectivity index (χ3v) is 7.04. The van der Waals surface area contributed by atoms with Crippen LogP contribution in [0.15, 0.2) is 72.9 Å². The first-order valence-corrected chi connectivity index (χ1v) is 12.3. The number of piperazine rings is 1. The van der Waals surface area contributed by atoms with E-state index in [1.54, 1.807) is 0 Å². The van der Waals surface area contributed by atoms with Gasteiger partial charge in [-0.3, -0.25) is 0 Å². The van der Waals surface area contributed by atoms with Crippen molar-refractivity contribution in [3.63, 3.8) is 0 Å². The number of hydrogen-bond donors (Lipinski definition) is 1. The molecular weight excluding hydrogens is 420 g/mol. The molecule has 0 bridgehead atoms. The average molecular weight is 451 g/mol. The minimum absolute atomic E-state index is 0.943. The van der Waals surface area contributed by atoms with Crippen LogP contribution in [0.3, 0.4) is 0 Å². The maximum absolute atomic E-state index is 4.44. The summed E-state index contributed by atoms with van der Waals surface area (Å²) in [5.41, 5.74) is 7.06. The Morgan fingerprint density at radius 1 is 0.882 bits per heavy atom. The maximum atomic E-state index is 4.44. The van der Waals surface area contributed by atoms with Crippen molar-refractivity contribution in [3.8, 4) is 16.9 Å². The molecule has 0 unspecified atom stereocenters. The first kappa shape index (κ1) is 21.1. The van der Waals surface area contributed by atoms with E-state index in [4.69, 9.17) is 0 Å². The van der Waals surface area contributed by atoms with Crippen molar-refractivity contribution in [2.75, 3.05) is 32.7 Å². The second kappa shape index (κ2) is 9.05. The van der Waals surface area contributed by atoms with Crippen LogP contribution in [0, 0.1) is 0 Å². The summed E-state index contributed by atoms with van der Waals surface area (Å²) >= 11 is 0. The van der Waals surface area contributed by atoms with E-state index < -0.39 is 0 Å². The van der Waals surface area contributed by atoms with Crippen LogP contribution in [-0.4, -0.2) is 57.2 Å². The SMILES string of the molecule is CCn1c2ccccc2c2cc(-n3nncc3-c3ccc(CCN4CCNCC4)cc3)ccc21. The quantitative estimate of drug-likeness (QED) is 0.414. The molecule has 172 valence electrons. The lowest BCUT2D eigenvalue weighted by Gasteiger charge is -2.27. The van der Waals surface area contributed by atoms with Crippen LogP contribution in [-0.2, 0) is 13.0 Å². The minimum atomic E-state index is 0.943. The Kier molecular flexibility index (Phi) is 5.61. The van der Waals surface area contributed by atoms with Gasteiger partial charge in [0, 0.05) is 66.6 Å². The van der Waals surface area contributed by atoms with Crippen LogP contribution in [0.4, 0.5) is 0 Å². The molecule has 1 fully saturated rings. The fourth-order valence-electron chi connectivity index (χ4n) is 5.20. The van der Waals surface area contributed by atoms with Crippen LogP contribution in [0.25, 0.3) is 38.8 Å². The molecule has 0 radical (unpaired) electrons. The summed E-state index contributed by atoms with van der Waals surface area (Å²) in [5.74, 6) is 0. The van der Waals surface area contributed by atoms with Gasteiger partial charge in [-0.05, 0) is 43.2 Å². The molecule has 0 spiro atoms. The lowest BCUT2D eigenvalue weighted by atomic mass is 10.1. The smallest absolute Gasteiger partial charge is 0.0944 e. The van der Waals surface area contributed by atoms with Crippen LogP contribution >= 0.6 is 0 Å². The molecule has 6 rings (SSSR count). The van der Waals surface area contributed by atoms with Gasteiger partial charge in [0.1, 0.15) is 0 Å². The molecule has 1 saturated heterocycles. The molecule has 1 N–H and O–H groups in total. The largest absolute Gasteiger partial charge is 0.341 e. The fraction of sp³-hybridized carbons (Fsp3) is 0.286. The summed E-state index contributed by atoms with van der Waals surface area (Å²) in [6.45, 7) is 8.74. The predicted molar refractivity (Wildman–Crippen MR) is 138 cm³/mol. The third kappa shape index (κ3) is 3.79. The molecule has 3 heterocycles. The van der Waals surface area contributed by atoms with Crippen LogP contribution < -0.4 is 5.32 Å². The van der Waals surface area contributed by atoms with Gasteiger partial charge >= 0.3 is 0 Å². The monoisotopic (exact) mass is 450 g/mol. The van der Waals surface area contributed by atoms with E-state index in [0.29, 0.717) is 0 Å². The maximum Gasteiger partial charge on any atom is 0.0944 e. The van der Waals surface area contributed by atoms with Crippen LogP contribution in [0.5, 0.6) is 0 Å². The Labute approximate surface area is 199 Å². The standard InChI is InChI=1S/C28H30N6/c1-2-33-26-6-4-3-5-24(26)25-19-23(11-12-27(25)33)34-28(20-30-31-34)22-9-7-21(8-10-22)13-16-32-17-14-29-15-18-32/h3-12,19-20,29H,2,13-18H2,1H3. The first-order valence-electron chi connectivity index (χ1n) is 12.3. The van der Waals surface area contributed by atoms with Gasteiger partial charge in [-0.25, -0.2) is 4.68 Å². The van der Waals surface area contributed by atoms with E-state index in [2.05, 4.69) is 98.7 Å². The van der Waals surface area contributed by atoms with Crippen molar-refractivity contribution < 1.29 is 0 Å². The molecule has 0 saturated carbocycles. The Morgan fingerprint density at radius 3 is 2.50 bits per heavy atom. The van der Waals surface area contributed by atoms with Crippen LogP contribution in [0.2, 0.25) is 0 Å². The van der Waals surface area contributed by atoms with Crippen molar-refractivity contribution in [3.05, 3.63) is 78.5 Å². The number of aryl methyl sites for hydroxylation is 1. The highest BCUT2D eigenvalue weighted by molar-refractivity contribution is 6.08. The fourth-order valence-corrected chi connectivity index (χ4v) is 5.20. The van der Waals surface area contributed by atoms with Crippen molar-refractivity contribution in [1.29, 1.82) is 0 Å². The number of benzene rings is 3. The van der Waals surface area contributed by atoms with Gasteiger partial charge in [-0.2, -0.15) is 0 Å². The summed E-state index contributed by atoms with van der Waals surface area (Å²) in [7, 11) is 0. The molecular formula is C28H30N6. The van der Waals surface area contributed by atoms with Crippen LogP contribution in [0.1, 0.15) is 12.5 Å². The molecule has 0 amide bonds. The molecule has 6 nitrogen and oxygen atoms in total. The highest BCUT2D eigenvalue weighted by Crippen LogP contribution is 2.31. The number of rotatable bonds is 6. The molecule has 0 atom stereocenters. The highest BCUT2D eigenvalue weighted by Gasteiger charge is 2.14. The molecule has 6 heteroatoms. The zero-order valence-electron chi connectivity index (χ0n) is 19.6. The second-order valence-corrected chi connectivity index (χ2v) is 9.03. The number of hydrogen-bond acceptors (Lipinski definition) is 4. The minimum Gasteiger partial charge on any atom is -0.341 e. The topological polar surface area (TPSA) is 50.9 Å². The van der Waals surface area contributed by atoms with Crippen molar-refractivity contribution in [1.82, 2.24) is 29.8 Å². The van der Waals surface area contributed by atoms with Gasteiger partial charge in [-0.15, -0.1) is 5.10 Å². The van der Waals surface area contributed by atoms with E-state index in [1.165, 1.54) is 27.4 Å². The number of nitrogens with zero attached hydrogens (tertiary/aromatic N) is 5. The van der Waals surface area contributed by atoms with Crippen molar-refractivity contribution in [2.45, 2.75) is 19.9 Å². The Hall–Kier alpha value is -3.48. The molecule has 34 heavy (non-hydrogen) atoms. The predicted octanol–water partition coefficient (Wildman–Crippen LogP) is 4.51. The normalized spacial score (nSPS) is 14.9. The zero-order valence-corrected chi connectivity index (χ0v) is 19.6. The molecule has 5 aromatic rings. The lowest BCUT2D eigenvalue weighted by Crippen LogP contribution is -2.44. The molecule has 2 aromatic heterocycles. The number of nitrogens with one attached hydrogen (secondary N) is 1. The first-order chi connectivity index (χ1) is 16.8. The Balaban J connectivity index is 1.29. The van der Waals surface area contributed by atoms with E-state index >= 15 is 0 Å². The molecule has 3 aromatic carbocycles. The summed E-state index contributed by atoms with van der Waals surface area (Å²) in [6, 6.07) is 24.1. The van der Waals surface area contributed by atoms with Gasteiger partial charge < -0.3 is 14.8 Å². The molecule has 1 aliphatic rings. The zero-order chi connectivity index (χ0) is 22.9. The van der Waals surface area contributed by atoms with Gasteiger partial charge in [0.25, 0.3) is 0 Å². The summed E-state index contributed by atoms with van der Waals surface area (Å²) in [6.07, 6.45) is 2.94. The Bertz CT molecular complexity index is 1420. The van der Waals surface area contributed by atoms with Gasteiger partial charge in [-0.1, -0.05) is 47.7 Å². The average Bonchev–Trinajstić information content (AvgIpc) is 3.51. The third-order valence-electron chi connectivity index (χ3n) is 7.04. The summed E-state index contributed by atoms with van der Waals surface area (Å²) in [5, 5.41) is 14.6. The van der Waals surface area contributed by atoms with E-state index in [-0.39, 0.29) is 0 Å². The van der Waals surface area contributed by atoms with E-state index in [9.17, 15) is 0 Å². The summed E-state index contributed by atoms with van der Waals surface area (Å²) < 4.78 is 4.32. The second-order valence-electron chi connectivity index (χ2n) is 9.03. The summed E-state index contributed by atoms with van der Waals surface area (Å²) in [4.78, 5) is 2.54. The van der Waals surface area contributed by atoms with Gasteiger partial charge in [0.15, 0.2) is 0 Å². The highest BCUT2D eigenvalue weighted by atomic mass is 15.4. The van der Waals surface area contributed by atoms with E-state index in [0.717, 1.165) is 62.6 Å². The number of aromatic nitrogens is 4. The number of fused-ring (bicyclic) bond motifs is 3. The molecule has 0 aliphatic carbocycles. The van der Waals surface area contributed by atoms with Gasteiger partial charge in [0.2, 0.25) is 0 Å². The van der Waals surface area contributed by atoms with Crippen molar-refractivity contribution in [2.24, 2.45) is 0 Å². The van der Waals surface area contributed by atoms with Gasteiger partial charge in [0.05, 0.1) is 17.6 Å². The lowest BCUT2D eigenvalue weighted by molar-refractivity contribution is 0.244. The Morgan fingerprint density at radius 2 is 1.68 bits per heavy atom. The van der Waals surface area contributed by atoms with E-state index in [1.807, 2.05) is 10.9 Å². The van der Waals surface area contributed by atoms with Crippen molar-refractivity contribution >= 4 is 21.8 Å².